The summed E-state index contributed by atoms with van der Waals surface area (Å²) in [6, 6.07) is 7.04. The molecule has 2 heterocycles. The summed E-state index contributed by atoms with van der Waals surface area (Å²) >= 11 is 0. The summed E-state index contributed by atoms with van der Waals surface area (Å²) in [5, 5.41) is 9.32. The van der Waals surface area contributed by atoms with Gasteiger partial charge in [-0.3, -0.25) is 18.7 Å². The van der Waals surface area contributed by atoms with Gasteiger partial charge in [-0.1, -0.05) is 0 Å². The van der Waals surface area contributed by atoms with Gasteiger partial charge in [0.25, 0.3) is 16.0 Å². The molecule has 3 rings (SSSR count). The highest BCUT2D eigenvalue weighted by molar-refractivity contribution is 7.85. The van der Waals surface area contributed by atoms with Gasteiger partial charge in [0.1, 0.15) is 0 Å². The van der Waals surface area contributed by atoms with E-state index in [0.29, 0.717) is 35.0 Å². The van der Waals surface area contributed by atoms with Crippen molar-refractivity contribution in [2.75, 3.05) is 0 Å². The van der Waals surface area contributed by atoms with Gasteiger partial charge in [0.15, 0.2) is 5.76 Å². The van der Waals surface area contributed by atoms with Crippen molar-refractivity contribution in [3.05, 3.63) is 53.6 Å². The lowest BCUT2D eigenvalue weighted by Crippen LogP contribution is -2.13. The van der Waals surface area contributed by atoms with E-state index in [9.17, 15) is 22.6 Å². The van der Waals surface area contributed by atoms with Crippen LogP contribution in [0.2, 0.25) is 0 Å². The number of carboxylic acid groups (broad SMARTS) is 1. The molecule has 1 aromatic carbocycles. The van der Waals surface area contributed by atoms with Crippen molar-refractivity contribution in [1.29, 1.82) is 0 Å². The maximum atomic E-state index is 12.8. The maximum Gasteiger partial charge on any atom is 0.303 e. The van der Waals surface area contributed by atoms with Gasteiger partial charge in [0.2, 0.25) is 0 Å². The van der Waals surface area contributed by atoms with Crippen LogP contribution < -0.4 is 0 Å². The van der Waals surface area contributed by atoms with Crippen LogP contribution >= 0.6 is 0 Å². The fourth-order valence-electron chi connectivity index (χ4n) is 3.13. The zero-order chi connectivity index (χ0) is 19.8. The van der Waals surface area contributed by atoms with Crippen molar-refractivity contribution in [2.45, 2.75) is 31.1 Å². The Hall–Kier alpha value is -2.91. The number of carbonyl (C=O) groups excluding carboxylic acids is 1. The number of furan rings is 1. The van der Waals surface area contributed by atoms with Crippen molar-refractivity contribution in [2.24, 2.45) is 0 Å². The average molecular weight is 391 g/mol. The maximum absolute atomic E-state index is 12.8. The van der Waals surface area contributed by atoms with Crippen molar-refractivity contribution >= 4 is 32.9 Å². The Morgan fingerprint density at radius 3 is 2.56 bits per heavy atom. The van der Waals surface area contributed by atoms with Crippen LogP contribution in [0.1, 0.15) is 34.7 Å². The number of nitrogens with zero attached hydrogens (tertiary/aromatic N) is 1. The third kappa shape index (κ3) is 3.64. The molecule has 0 aliphatic carbocycles. The van der Waals surface area contributed by atoms with E-state index in [1.165, 1.54) is 35.1 Å². The van der Waals surface area contributed by atoms with Crippen LogP contribution in [0.15, 0.2) is 45.9 Å². The molecular formula is C18H17NO7S. The minimum Gasteiger partial charge on any atom is -0.481 e. The number of benzene rings is 1. The summed E-state index contributed by atoms with van der Waals surface area (Å²) < 4.78 is 38.9. The molecule has 0 amide bonds. The number of carboxylic acids is 1. The van der Waals surface area contributed by atoms with Gasteiger partial charge in [0.05, 0.1) is 16.7 Å². The number of hydrogen-bond acceptors (Lipinski definition) is 5. The minimum atomic E-state index is -4.42. The Kier molecular flexibility index (Phi) is 4.90. The molecule has 0 fully saturated rings. The van der Waals surface area contributed by atoms with Crippen LogP contribution in [0.25, 0.3) is 10.9 Å². The molecule has 0 bridgehead atoms. The number of aliphatic carboxylic acids is 1. The topological polar surface area (TPSA) is 127 Å². The minimum absolute atomic E-state index is 0.0593. The third-order valence-corrected chi connectivity index (χ3v) is 5.21. The fraction of sp³-hybridized carbons (Fsp3) is 0.222. The van der Waals surface area contributed by atoms with E-state index in [0.717, 1.165) is 0 Å². The molecule has 2 aromatic heterocycles. The van der Waals surface area contributed by atoms with Crippen molar-refractivity contribution in [1.82, 2.24) is 4.57 Å². The Bertz CT molecular complexity index is 1120. The zero-order valence-corrected chi connectivity index (χ0v) is 15.2. The van der Waals surface area contributed by atoms with E-state index in [1.54, 1.807) is 13.0 Å². The first kappa shape index (κ1) is 18.9. The highest BCUT2D eigenvalue weighted by Crippen LogP contribution is 2.30. The predicted molar refractivity (Wildman–Crippen MR) is 95.5 cm³/mol. The number of fused-ring (bicyclic) bond motifs is 1. The van der Waals surface area contributed by atoms with Gasteiger partial charge >= 0.3 is 5.97 Å². The first-order chi connectivity index (χ1) is 12.7. The average Bonchev–Trinajstić information content (AvgIpc) is 3.20. The van der Waals surface area contributed by atoms with Crippen LogP contribution in [0.3, 0.4) is 0 Å². The number of rotatable bonds is 6. The predicted octanol–water partition coefficient (Wildman–Crippen LogP) is 2.89. The lowest BCUT2D eigenvalue weighted by atomic mass is 10.0. The van der Waals surface area contributed by atoms with Crippen LogP contribution in [0.4, 0.5) is 0 Å². The van der Waals surface area contributed by atoms with E-state index in [-0.39, 0.29) is 17.1 Å². The highest BCUT2D eigenvalue weighted by atomic mass is 32.2. The van der Waals surface area contributed by atoms with Crippen molar-refractivity contribution in [3.63, 3.8) is 0 Å². The SMILES string of the molecule is Cc1c(CCCC(=O)O)c2cc(S(=O)(=O)O)ccc2n1C(=O)c1ccco1. The van der Waals surface area contributed by atoms with Gasteiger partial charge in [-0.05, 0) is 55.7 Å². The van der Waals surface area contributed by atoms with E-state index in [4.69, 9.17) is 9.52 Å². The summed E-state index contributed by atoms with van der Waals surface area (Å²) in [4.78, 5) is 23.3. The van der Waals surface area contributed by atoms with Crippen molar-refractivity contribution in [3.8, 4) is 0 Å². The smallest absolute Gasteiger partial charge is 0.303 e. The summed E-state index contributed by atoms with van der Waals surface area (Å²) in [5.74, 6) is -1.25. The molecule has 0 aliphatic heterocycles. The molecule has 0 aliphatic rings. The van der Waals surface area contributed by atoms with Gasteiger partial charge in [-0.25, -0.2) is 0 Å². The number of aromatic nitrogens is 1. The van der Waals surface area contributed by atoms with Crippen molar-refractivity contribution < 1.29 is 32.1 Å². The summed E-state index contributed by atoms with van der Waals surface area (Å²) in [6.45, 7) is 1.70. The van der Waals surface area contributed by atoms with Crippen LogP contribution in [0.5, 0.6) is 0 Å². The molecule has 0 radical (unpaired) electrons. The molecule has 0 spiro atoms. The molecule has 142 valence electrons. The molecular weight excluding hydrogens is 374 g/mol. The Balaban J connectivity index is 2.19. The molecule has 0 saturated carbocycles. The largest absolute Gasteiger partial charge is 0.481 e. The molecule has 8 nitrogen and oxygen atoms in total. The van der Waals surface area contributed by atoms with E-state index >= 15 is 0 Å². The van der Waals surface area contributed by atoms with Gasteiger partial charge in [0, 0.05) is 17.5 Å². The highest BCUT2D eigenvalue weighted by Gasteiger charge is 2.23. The second kappa shape index (κ2) is 7.01. The number of aryl methyl sites for hydroxylation is 1. The second-order valence-corrected chi connectivity index (χ2v) is 7.50. The first-order valence-corrected chi connectivity index (χ1v) is 9.55. The lowest BCUT2D eigenvalue weighted by Gasteiger charge is -2.05. The standard InChI is InChI=1S/C18H17NO7S/c1-11-13(4-2-6-17(20)21)14-10-12(27(23,24)25)7-8-15(14)19(11)18(22)16-5-3-9-26-16/h3,5,7-10H,2,4,6H2,1H3,(H,20,21)(H,23,24,25). The molecule has 3 aromatic rings. The molecule has 0 unspecified atom stereocenters. The Morgan fingerprint density at radius 1 is 1.22 bits per heavy atom. The summed E-state index contributed by atoms with van der Waals surface area (Å²) in [7, 11) is -4.42. The van der Waals surface area contributed by atoms with E-state index < -0.39 is 22.0 Å². The molecule has 9 heteroatoms. The van der Waals surface area contributed by atoms with Crippen LogP contribution in [-0.4, -0.2) is 34.5 Å². The second-order valence-electron chi connectivity index (χ2n) is 6.08. The quantitative estimate of drug-likeness (QED) is 0.619. The monoisotopic (exact) mass is 391 g/mol. The van der Waals surface area contributed by atoms with Gasteiger partial charge in [-0.15, -0.1) is 0 Å². The normalized spacial score (nSPS) is 11.8. The zero-order valence-electron chi connectivity index (χ0n) is 14.4. The van der Waals surface area contributed by atoms with Crippen LogP contribution in [0, 0.1) is 6.92 Å². The Morgan fingerprint density at radius 2 is 1.96 bits per heavy atom. The van der Waals surface area contributed by atoms with Gasteiger partial charge in [-0.2, -0.15) is 8.42 Å². The number of hydrogen-bond donors (Lipinski definition) is 2. The third-order valence-electron chi connectivity index (χ3n) is 4.36. The summed E-state index contributed by atoms with van der Waals surface area (Å²) in [5.41, 5.74) is 1.66. The number of carbonyl (C=O) groups is 2. The first-order valence-electron chi connectivity index (χ1n) is 8.11. The lowest BCUT2D eigenvalue weighted by molar-refractivity contribution is -0.137. The van der Waals surface area contributed by atoms with Crippen LogP contribution in [-0.2, 0) is 21.3 Å². The summed E-state index contributed by atoms with van der Waals surface area (Å²) in [6.07, 6.45) is 1.97. The van der Waals surface area contributed by atoms with E-state index in [1.807, 2.05) is 0 Å². The van der Waals surface area contributed by atoms with E-state index in [2.05, 4.69) is 0 Å². The molecule has 27 heavy (non-hydrogen) atoms. The molecule has 0 saturated heterocycles. The van der Waals surface area contributed by atoms with Gasteiger partial charge < -0.3 is 9.52 Å². The Labute approximate surface area is 154 Å². The fourth-order valence-corrected chi connectivity index (χ4v) is 3.63. The molecule has 0 atom stereocenters. The molecule has 2 N–H and O–H groups in total.